The molecule has 6 rings (SSSR count). The third-order valence-electron chi connectivity index (χ3n) is 6.54. The number of aromatic amines is 2. The number of hydrogen-bond acceptors (Lipinski definition) is 3. The summed E-state index contributed by atoms with van der Waals surface area (Å²) in [6.07, 6.45) is 12.3. The third-order valence-corrected chi connectivity index (χ3v) is 6.54. The standard InChI is InChI=1S/C25H24N4O2/c30-23(31)8-2-15-10-21-13-19-6-4-17(27-19)11-16-3-5-18(26-16)12-20-9-14-1-7-22(24(14)28-20)25(15)29-21/h3-6,9,11-13,15,20,26-28H,1-2,7-8,10H2,(H,30,31). The summed E-state index contributed by atoms with van der Waals surface area (Å²) in [5.41, 5.74) is 7.95. The van der Waals surface area contributed by atoms with E-state index in [1.165, 1.54) is 16.8 Å². The van der Waals surface area contributed by atoms with Crippen LogP contribution < -0.4 is 16.0 Å². The Morgan fingerprint density at radius 2 is 1.87 bits per heavy atom. The van der Waals surface area contributed by atoms with Crippen LogP contribution in [-0.4, -0.2) is 32.8 Å². The normalized spacial score (nSPS) is 23.5. The zero-order chi connectivity index (χ0) is 20.9. The van der Waals surface area contributed by atoms with E-state index in [4.69, 9.17) is 4.99 Å². The molecule has 2 aromatic rings. The van der Waals surface area contributed by atoms with E-state index in [1.807, 2.05) is 0 Å². The lowest BCUT2D eigenvalue weighted by Gasteiger charge is -2.15. The molecule has 0 fully saturated rings. The highest BCUT2D eigenvalue weighted by atomic mass is 16.4. The number of rotatable bonds is 3. The van der Waals surface area contributed by atoms with Crippen molar-refractivity contribution in [2.24, 2.45) is 10.9 Å². The largest absolute Gasteiger partial charge is 0.481 e. The van der Waals surface area contributed by atoms with Crippen molar-refractivity contribution in [1.29, 1.82) is 0 Å². The first-order valence-electron chi connectivity index (χ1n) is 10.9. The molecule has 6 heteroatoms. The third kappa shape index (κ3) is 3.38. The predicted molar refractivity (Wildman–Crippen MR) is 121 cm³/mol. The van der Waals surface area contributed by atoms with E-state index in [1.54, 1.807) is 0 Å². The Morgan fingerprint density at radius 1 is 1.03 bits per heavy atom. The van der Waals surface area contributed by atoms with Gasteiger partial charge in [0.05, 0.1) is 6.04 Å². The molecule has 0 saturated heterocycles. The Hall–Kier alpha value is -3.54. The lowest BCUT2D eigenvalue weighted by Crippen LogP contribution is -2.24. The van der Waals surface area contributed by atoms with Crippen LogP contribution in [0.5, 0.6) is 0 Å². The summed E-state index contributed by atoms with van der Waals surface area (Å²) in [5, 5.41) is 15.1. The number of hydrogen-bond donors (Lipinski definition) is 4. The van der Waals surface area contributed by atoms with E-state index < -0.39 is 5.97 Å². The Labute approximate surface area is 179 Å². The van der Waals surface area contributed by atoms with Gasteiger partial charge in [0.15, 0.2) is 0 Å². The summed E-state index contributed by atoms with van der Waals surface area (Å²) < 4.78 is 0. The average Bonchev–Trinajstić information content (AvgIpc) is 3.51. The molecule has 8 bridgehead atoms. The maximum atomic E-state index is 11.2. The van der Waals surface area contributed by atoms with Crippen LogP contribution >= 0.6 is 0 Å². The van der Waals surface area contributed by atoms with Gasteiger partial charge in [-0.25, -0.2) is 0 Å². The Kier molecular flexibility index (Phi) is 4.13. The SMILES string of the molecule is O=C(O)CCC1CC2=Cc3ccc([nH]3)C=c3ccc([nH]3)=CC3C=C4CCC(=C4N3)C1=N2. The van der Waals surface area contributed by atoms with Crippen molar-refractivity contribution >= 4 is 29.9 Å². The fourth-order valence-corrected chi connectivity index (χ4v) is 5.15. The molecule has 0 spiro atoms. The number of nitrogens with zero attached hydrogens (tertiary/aromatic N) is 1. The number of H-pyrrole nitrogens is 2. The van der Waals surface area contributed by atoms with Gasteiger partial charge >= 0.3 is 5.97 Å². The van der Waals surface area contributed by atoms with Crippen molar-refractivity contribution in [1.82, 2.24) is 15.3 Å². The highest BCUT2D eigenvalue weighted by Gasteiger charge is 2.35. The van der Waals surface area contributed by atoms with Crippen molar-refractivity contribution in [3.8, 4) is 0 Å². The molecule has 0 amide bonds. The van der Waals surface area contributed by atoms with E-state index >= 15 is 0 Å². The minimum absolute atomic E-state index is 0.145. The molecule has 0 saturated carbocycles. The molecule has 5 heterocycles. The minimum Gasteiger partial charge on any atom is -0.481 e. The highest BCUT2D eigenvalue weighted by molar-refractivity contribution is 6.06. The van der Waals surface area contributed by atoms with Gasteiger partial charge in [-0.1, -0.05) is 6.08 Å². The highest BCUT2D eigenvalue weighted by Crippen LogP contribution is 2.41. The lowest BCUT2D eigenvalue weighted by atomic mass is 9.90. The van der Waals surface area contributed by atoms with Crippen LogP contribution in [-0.2, 0) is 4.79 Å². The molecule has 2 atom stereocenters. The zero-order valence-corrected chi connectivity index (χ0v) is 17.1. The van der Waals surface area contributed by atoms with Gasteiger partial charge in [0.1, 0.15) is 0 Å². The number of aliphatic carboxylic acids is 1. The van der Waals surface area contributed by atoms with Crippen LogP contribution in [0.25, 0.3) is 18.2 Å². The first-order valence-corrected chi connectivity index (χ1v) is 10.9. The van der Waals surface area contributed by atoms with Crippen molar-refractivity contribution in [2.45, 2.75) is 38.1 Å². The maximum absolute atomic E-state index is 11.2. The molecule has 0 aromatic carbocycles. The quantitative estimate of drug-likeness (QED) is 0.624. The number of fused-ring (bicyclic) bond motifs is 7. The van der Waals surface area contributed by atoms with Crippen molar-refractivity contribution in [3.05, 3.63) is 75.0 Å². The molecule has 31 heavy (non-hydrogen) atoms. The molecule has 2 aromatic heterocycles. The predicted octanol–water partition coefficient (Wildman–Crippen LogP) is 2.58. The van der Waals surface area contributed by atoms with Gasteiger partial charge in [0.2, 0.25) is 0 Å². The molecule has 156 valence electrons. The van der Waals surface area contributed by atoms with E-state index in [9.17, 15) is 9.90 Å². The van der Waals surface area contributed by atoms with Crippen LogP contribution in [0, 0.1) is 5.92 Å². The van der Waals surface area contributed by atoms with E-state index in [0.717, 1.165) is 52.8 Å². The number of allylic oxidation sites excluding steroid dienone is 3. The van der Waals surface area contributed by atoms with Crippen molar-refractivity contribution < 1.29 is 9.90 Å². The summed E-state index contributed by atoms with van der Waals surface area (Å²) >= 11 is 0. The first kappa shape index (κ1) is 18.2. The smallest absolute Gasteiger partial charge is 0.303 e. The van der Waals surface area contributed by atoms with Crippen LogP contribution in [0.4, 0.5) is 0 Å². The molecule has 1 aliphatic carbocycles. The first-order chi connectivity index (χ1) is 15.1. The molecular weight excluding hydrogens is 388 g/mol. The molecular formula is C25H24N4O2. The van der Waals surface area contributed by atoms with E-state index in [0.29, 0.717) is 6.42 Å². The van der Waals surface area contributed by atoms with E-state index in [2.05, 4.69) is 63.9 Å². The number of aliphatic imine (C=N–C) groups is 1. The number of carbonyl (C=O) groups is 1. The second-order valence-electron chi connectivity index (χ2n) is 8.73. The van der Waals surface area contributed by atoms with Gasteiger partial charge in [-0.2, -0.15) is 0 Å². The van der Waals surface area contributed by atoms with Crippen LogP contribution in [0.1, 0.15) is 43.5 Å². The number of carboxylic acid groups (broad SMARTS) is 1. The van der Waals surface area contributed by atoms with Crippen LogP contribution in [0.2, 0.25) is 0 Å². The lowest BCUT2D eigenvalue weighted by molar-refractivity contribution is -0.137. The molecule has 6 nitrogen and oxygen atoms in total. The second kappa shape index (κ2) is 7.01. The van der Waals surface area contributed by atoms with Gasteiger partial charge in [0.25, 0.3) is 0 Å². The van der Waals surface area contributed by atoms with E-state index in [-0.39, 0.29) is 18.4 Å². The molecule has 4 N–H and O–H groups in total. The number of aromatic nitrogens is 2. The Morgan fingerprint density at radius 3 is 2.74 bits per heavy atom. The summed E-state index contributed by atoms with van der Waals surface area (Å²) in [4.78, 5) is 23.2. The van der Waals surface area contributed by atoms with Gasteiger partial charge in [-0.15, -0.1) is 0 Å². The molecule has 0 radical (unpaired) electrons. The van der Waals surface area contributed by atoms with Gasteiger partial charge < -0.3 is 20.4 Å². The zero-order valence-electron chi connectivity index (χ0n) is 17.1. The maximum Gasteiger partial charge on any atom is 0.303 e. The summed E-state index contributed by atoms with van der Waals surface area (Å²) in [7, 11) is 0. The molecule has 2 unspecified atom stereocenters. The van der Waals surface area contributed by atoms with Gasteiger partial charge in [-0.05, 0) is 79.3 Å². The fraction of sp³-hybridized carbons (Fsp3) is 0.280. The van der Waals surface area contributed by atoms with Gasteiger partial charge in [-0.3, -0.25) is 9.79 Å². The van der Waals surface area contributed by atoms with Crippen LogP contribution in [0.15, 0.2) is 57.9 Å². The second-order valence-corrected chi connectivity index (χ2v) is 8.73. The Bertz CT molecular complexity index is 1330. The monoisotopic (exact) mass is 412 g/mol. The minimum atomic E-state index is -0.747. The van der Waals surface area contributed by atoms with Crippen molar-refractivity contribution in [3.63, 3.8) is 0 Å². The summed E-state index contributed by atoms with van der Waals surface area (Å²) in [6.45, 7) is 0. The summed E-state index contributed by atoms with van der Waals surface area (Å²) in [6, 6.07) is 8.47. The van der Waals surface area contributed by atoms with Gasteiger partial charge in [0, 0.05) is 51.5 Å². The molecule has 4 aliphatic rings. The molecule has 3 aliphatic heterocycles. The number of carboxylic acids is 1. The van der Waals surface area contributed by atoms with Crippen molar-refractivity contribution in [2.75, 3.05) is 0 Å². The topological polar surface area (TPSA) is 93.3 Å². The fourth-order valence-electron chi connectivity index (χ4n) is 5.15. The number of nitrogens with one attached hydrogen (secondary N) is 3. The van der Waals surface area contributed by atoms with Crippen LogP contribution in [0.3, 0.4) is 0 Å². The Balaban J connectivity index is 1.49. The average molecular weight is 412 g/mol. The summed E-state index contributed by atoms with van der Waals surface area (Å²) in [5.74, 6) is -0.598.